The fourth-order valence-electron chi connectivity index (χ4n) is 5.01. The van der Waals surface area contributed by atoms with Gasteiger partial charge in [-0.05, 0) is 59.9 Å². The number of hydrogen-bond donors (Lipinski definition) is 4. The fourth-order valence-corrected chi connectivity index (χ4v) is 5.01. The van der Waals surface area contributed by atoms with E-state index in [2.05, 4.69) is 9.97 Å². The number of carboxylic acid groups (broad SMARTS) is 2. The van der Waals surface area contributed by atoms with Crippen LogP contribution in [0.3, 0.4) is 0 Å². The standard InChI is InChI=1S/C27H24FN3O4/c1-13(2)23-24(18-8-14(3)9-21-17(18)5-7-31(21)12-22(32)33)26(27(34)35)30-25(23)19-10-15(28)11-20-16(19)4-6-29-20/h4-11,13,29-30H,12H2,1-3H3,(H,32,33)(H,34,35). The summed E-state index contributed by atoms with van der Waals surface area (Å²) < 4.78 is 16.2. The molecule has 8 heteroatoms. The van der Waals surface area contributed by atoms with Gasteiger partial charge in [-0.2, -0.15) is 0 Å². The third-order valence-corrected chi connectivity index (χ3v) is 6.34. The van der Waals surface area contributed by atoms with Crippen molar-refractivity contribution in [3.63, 3.8) is 0 Å². The number of aromatic nitrogens is 3. The lowest BCUT2D eigenvalue weighted by molar-refractivity contribution is -0.137. The number of aromatic amines is 2. The van der Waals surface area contributed by atoms with E-state index in [9.17, 15) is 24.2 Å². The van der Waals surface area contributed by atoms with E-state index in [1.807, 2.05) is 45.0 Å². The average Bonchev–Trinajstić information content (AvgIpc) is 3.49. The summed E-state index contributed by atoms with van der Waals surface area (Å²) in [6.45, 7) is 5.62. The third kappa shape index (κ3) is 3.67. The van der Waals surface area contributed by atoms with Crippen LogP contribution in [0.25, 0.3) is 44.2 Å². The predicted molar refractivity (Wildman–Crippen MR) is 132 cm³/mol. The maximum absolute atomic E-state index is 14.5. The van der Waals surface area contributed by atoms with E-state index in [-0.39, 0.29) is 18.2 Å². The van der Waals surface area contributed by atoms with Crippen LogP contribution in [0, 0.1) is 12.7 Å². The smallest absolute Gasteiger partial charge is 0.352 e. The molecule has 0 atom stereocenters. The number of halogens is 1. The molecule has 5 aromatic rings. The lowest BCUT2D eigenvalue weighted by Crippen LogP contribution is -2.07. The highest BCUT2D eigenvalue weighted by Crippen LogP contribution is 2.44. The van der Waals surface area contributed by atoms with E-state index < -0.39 is 17.8 Å². The number of aromatic carboxylic acids is 1. The van der Waals surface area contributed by atoms with Crippen molar-refractivity contribution in [1.29, 1.82) is 0 Å². The molecule has 35 heavy (non-hydrogen) atoms. The Morgan fingerprint density at radius 1 is 1.06 bits per heavy atom. The zero-order valence-corrected chi connectivity index (χ0v) is 19.4. The number of nitrogens with zero attached hydrogens (tertiary/aromatic N) is 1. The molecule has 3 heterocycles. The van der Waals surface area contributed by atoms with E-state index in [4.69, 9.17) is 0 Å². The van der Waals surface area contributed by atoms with E-state index >= 15 is 0 Å². The lowest BCUT2D eigenvalue weighted by Gasteiger charge is -2.15. The van der Waals surface area contributed by atoms with Crippen molar-refractivity contribution < 1.29 is 24.2 Å². The molecule has 0 fully saturated rings. The van der Waals surface area contributed by atoms with E-state index in [1.54, 1.807) is 17.0 Å². The van der Waals surface area contributed by atoms with Gasteiger partial charge in [-0.1, -0.05) is 19.9 Å². The van der Waals surface area contributed by atoms with Gasteiger partial charge in [-0.25, -0.2) is 9.18 Å². The monoisotopic (exact) mass is 473 g/mol. The second-order valence-corrected chi connectivity index (χ2v) is 9.10. The summed E-state index contributed by atoms with van der Waals surface area (Å²) in [6, 6.07) is 10.3. The molecule has 5 rings (SSSR count). The van der Waals surface area contributed by atoms with E-state index in [0.29, 0.717) is 33.4 Å². The van der Waals surface area contributed by atoms with Crippen molar-refractivity contribution in [2.75, 3.05) is 0 Å². The Morgan fingerprint density at radius 2 is 1.83 bits per heavy atom. The van der Waals surface area contributed by atoms with Crippen molar-refractivity contribution >= 4 is 33.7 Å². The molecule has 178 valence electrons. The van der Waals surface area contributed by atoms with Crippen LogP contribution in [-0.4, -0.2) is 36.7 Å². The number of carboxylic acids is 2. The fraction of sp³-hybridized carbons (Fsp3) is 0.185. The maximum Gasteiger partial charge on any atom is 0.352 e. The van der Waals surface area contributed by atoms with Crippen LogP contribution in [0.1, 0.15) is 41.4 Å². The van der Waals surface area contributed by atoms with Crippen molar-refractivity contribution in [2.45, 2.75) is 33.2 Å². The Hall–Kier alpha value is -4.33. The van der Waals surface area contributed by atoms with Crippen molar-refractivity contribution in [3.8, 4) is 22.4 Å². The molecule has 0 saturated carbocycles. The quantitative estimate of drug-likeness (QED) is 0.237. The minimum Gasteiger partial charge on any atom is -0.480 e. The summed E-state index contributed by atoms with van der Waals surface area (Å²) in [7, 11) is 0. The zero-order chi connectivity index (χ0) is 25.0. The molecular formula is C27H24FN3O4. The highest BCUT2D eigenvalue weighted by atomic mass is 19.1. The van der Waals surface area contributed by atoms with Crippen LogP contribution in [0.4, 0.5) is 4.39 Å². The van der Waals surface area contributed by atoms with Gasteiger partial charge in [0.15, 0.2) is 0 Å². The first-order valence-corrected chi connectivity index (χ1v) is 11.2. The first kappa shape index (κ1) is 22.5. The number of carbonyl (C=O) groups is 2. The molecule has 0 saturated heterocycles. The second-order valence-electron chi connectivity index (χ2n) is 9.10. The number of nitrogens with one attached hydrogen (secondary N) is 2. The van der Waals surface area contributed by atoms with Crippen molar-refractivity contribution in [1.82, 2.24) is 14.5 Å². The average molecular weight is 474 g/mol. The number of aryl methyl sites for hydroxylation is 1. The van der Waals surface area contributed by atoms with Gasteiger partial charge in [0.1, 0.15) is 18.1 Å². The van der Waals surface area contributed by atoms with E-state index in [0.717, 1.165) is 21.9 Å². The van der Waals surface area contributed by atoms with Gasteiger partial charge >= 0.3 is 11.9 Å². The Labute approximate surface area is 199 Å². The highest BCUT2D eigenvalue weighted by Gasteiger charge is 2.28. The molecule has 0 aliphatic carbocycles. The molecule has 7 nitrogen and oxygen atoms in total. The maximum atomic E-state index is 14.5. The number of H-pyrrole nitrogens is 2. The lowest BCUT2D eigenvalue weighted by atomic mass is 9.88. The van der Waals surface area contributed by atoms with Crippen LogP contribution in [0.5, 0.6) is 0 Å². The van der Waals surface area contributed by atoms with Crippen molar-refractivity contribution in [2.24, 2.45) is 0 Å². The molecule has 0 amide bonds. The highest BCUT2D eigenvalue weighted by molar-refractivity contribution is 6.07. The molecule has 0 unspecified atom stereocenters. The topological polar surface area (TPSA) is 111 Å². The van der Waals surface area contributed by atoms with Crippen LogP contribution in [0.2, 0.25) is 0 Å². The van der Waals surface area contributed by atoms with Crippen LogP contribution >= 0.6 is 0 Å². The van der Waals surface area contributed by atoms with Crippen LogP contribution in [0.15, 0.2) is 48.8 Å². The summed E-state index contributed by atoms with van der Waals surface area (Å²) in [5, 5.41) is 21.0. The van der Waals surface area contributed by atoms with Gasteiger partial charge in [-0.3, -0.25) is 4.79 Å². The van der Waals surface area contributed by atoms with Gasteiger partial charge < -0.3 is 24.7 Å². The summed E-state index contributed by atoms with van der Waals surface area (Å²) in [4.78, 5) is 30.0. The number of fused-ring (bicyclic) bond motifs is 2. The van der Waals surface area contributed by atoms with Gasteiger partial charge in [0.05, 0.1) is 5.69 Å². The first-order valence-electron chi connectivity index (χ1n) is 11.2. The molecule has 0 bridgehead atoms. The van der Waals surface area contributed by atoms with Crippen LogP contribution in [-0.2, 0) is 11.3 Å². The zero-order valence-electron chi connectivity index (χ0n) is 19.4. The molecular weight excluding hydrogens is 449 g/mol. The van der Waals surface area contributed by atoms with E-state index in [1.165, 1.54) is 12.1 Å². The molecule has 0 aliphatic heterocycles. The Bertz CT molecular complexity index is 1640. The Morgan fingerprint density at radius 3 is 2.51 bits per heavy atom. The van der Waals surface area contributed by atoms with Gasteiger partial charge in [0, 0.05) is 45.3 Å². The van der Waals surface area contributed by atoms with Gasteiger partial charge in [0.25, 0.3) is 0 Å². The molecule has 0 spiro atoms. The Kier molecular flexibility index (Phi) is 5.24. The Balaban J connectivity index is 1.88. The minimum atomic E-state index is -1.13. The molecule has 0 aliphatic rings. The number of aliphatic carboxylic acids is 1. The summed E-state index contributed by atoms with van der Waals surface area (Å²) in [6.07, 6.45) is 3.42. The first-order chi connectivity index (χ1) is 16.7. The summed E-state index contributed by atoms with van der Waals surface area (Å²) in [5.41, 5.74) is 5.29. The van der Waals surface area contributed by atoms with Crippen molar-refractivity contribution in [3.05, 3.63) is 71.4 Å². The van der Waals surface area contributed by atoms with Gasteiger partial charge in [0.2, 0.25) is 0 Å². The largest absolute Gasteiger partial charge is 0.480 e. The molecule has 0 radical (unpaired) electrons. The van der Waals surface area contributed by atoms with Crippen LogP contribution < -0.4 is 0 Å². The number of rotatable bonds is 6. The normalized spacial score (nSPS) is 11.7. The number of benzene rings is 2. The predicted octanol–water partition coefficient (Wildman–Crippen LogP) is 6.14. The summed E-state index contributed by atoms with van der Waals surface area (Å²) >= 11 is 0. The summed E-state index contributed by atoms with van der Waals surface area (Å²) in [5.74, 6) is -2.63. The second kappa shape index (κ2) is 8.16. The minimum absolute atomic E-state index is 0.00883. The SMILES string of the molecule is Cc1cc(-c2c(C(=O)O)[nH]c(-c3cc(F)cc4[nH]ccc34)c2C(C)C)c2ccn(CC(=O)O)c2c1. The molecule has 3 aromatic heterocycles. The molecule has 4 N–H and O–H groups in total. The number of hydrogen-bond acceptors (Lipinski definition) is 2. The third-order valence-electron chi connectivity index (χ3n) is 6.34. The molecule has 2 aromatic carbocycles. The van der Waals surface area contributed by atoms with Gasteiger partial charge in [-0.15, -0.1) is 0 Å².